The second-order valence-corrected chi connectivity index (χ2v) is 10.6. The van der Waals surface area contributed by atoms with Crippen molar-refractivity contribution >= 4 is 21.6 Å². The smallest absolute Gasteiger partial charge is 0.161 e. The zero-order valence-electron chi connectivity index (χ0n) is 22.2. The molecule has 1 saturated heterocycles. The first-order valence-electron chi connectivity index (χ1n) is 13.4. The van der Waals surface area contributed by atoms with E-state index in [1.165, 1.54) is 16.7 Å². The van der Waals surface area contributed by atoms with Gasteiger partial charge in [0.2, 0.25) is 0 Å². The molecule has 0 saturated carbocycles. The molecule has 0 N–H and O–H groups in total. The van der Waals surface area contributed by atoms with Crippen molar-refractivity contribution in [1.82, 2.24) is 4.90 Å². The molecule has 0 aliphatic carbocycles. The van der Waals surface area contributed by atoms with E-state index in [1.54, 1.807) is 0 Å². The molecule has 1 radical (unpaired) electrons. The van der Waals surface area contributed by atoms with Crippen LogP contribution in [0, 0.1) is 17.5 Å². The van der Waals surface area contributed by atoms with E-state index in [0.29, 0.717) is 18.9 Å². The zero-order chi connectivity index (χ0) is 27.1. The van der Waals surface area contributed by atoms with Crippen LogP contribution in [0.2, 0.25) is 12.6 Å². The number of nitrogens with zero attached hydrogens (tertiary/aromatic N) is 1. The normalized spacial score (nSPS) is 15.3. The van der Waals surface area contributed by atoms with E-state index in [2.05, 4.69) is 69.2 Å². The molecule has 1 unspecified atom stereocenters. The lowest BCUT2D eigenvalue weighted by Crippen LogP contribution is -2.41. The highest BCUT2D eigenvalue weighted by molar-refractivity contribution is 7.20. The Labute approximate surface area is 227 Å². The maximum absolute atomic E-state index is 14.1. The SMILES string of the molecule is C[B]C(CC(=P)N1CCC(Oc2ccc(Cc3ccccc3CC)cc2)CC1)Cc1cc(F)c(F)cc1F. The Morgan fingerprint density at radius 2 is 1.61 bits per heavy atom. The number of benzene rings is 3. The van der Waals surface area contributed by atoms with Crippen LogP contribution >= 0.6 is 8.86 Å². The minimum atomic E-state index is -1.16. The van der Waals surface area contributed by atoms with E-state index in [-0.39, 0.29) is 17.5 Å². The van der Waals surface area contributed by atoms with Crippen LogP contribution in [-0.4, -0.2) is 36.8 Å². The third-order valence-corrected chi connectivity index (χ3v) is 7.96. The van der Waals surface area contributed by atoms with Crippen LogP contribution in [0.3, 0.4) is 0 Å². The third kappa shape index (κ3) is 7.52. The van der Waals surface area contributed by atoms with Gasteiger partial charge in [-0.25, -0.2) is 13.2 Å². The number of ether oxygens (including phenoxy) is 1. The standard InChI is InChI=1S/C31H35BF3NOP/c1-3-22-6-4-5-7-23(22)16-21-8-10-26(11-9-21)37-27-12-14-36(15-13-27)31(38)19-25(32-2)17-24-18-29(34)30(35)20-28(24)33/h4-11,18,20,25,27,38H,3,12-17,19H2,1-2H3. The number of aryl methyl sites for hydroxylation is 1. The molecule has 1 fully saturated rings. The molecule has 38 heavy (non-hydrogen) atoms. The molecule has 199 valence electrons. The second kappa shape index (κ2) is 13.5. The van der Waals surface area contributed by atoms with Gasteiger partial charge in [0.1, 0.15) is 25.0 Å². The van der Waals surface area contributed by atoms with Gasteiger partial charge >= 0.3 is 0 Å². The summed E-state index contributed by atoms with van der Waals surface area (Å²) in [6.45, 7) is 5.81. The number of likely N-dealkylation sites (tertiary alicyclic amines) is 1. The van der Waals surface area contributed by atoms with E-state index < -0.39 is 17.5 Å². The molecule has 4 rings (SSSR count). The van der Waals surface area contributed by atoms with Gasteiger partial charge in [-0.1, -0.05) is 56.0 Å². The van der Waals surface area contributed by atoms with Crippen molar-refractivity contribution in [2.24, 2.45) is 0 Å². The molecule has 0 aromatic heterocycles. The van der Waals surface area contributed by atoms with Gasteiger partial charge in [0.15, 0.2) is 11.6 Å². The molecular formula is C31H35BF3NOP. The Kier molecular flexibility index (Phi) is 10.1. The monoisotopic (exact) mass is 536 g/mol. The summed E-state index contributed by atoms with van der Waals surface area (Å²) < 4.78 is 47.3. The lowest BCUT2D eigenvalue weighted by molar-refractivity contribution is 0.131. The lowest BCUT2D eigenvalue weighted by Gasteiger charge is -2.34. The summed E-state index contributed by atoms with van der Waals surface area (Å²) in [5.41, 5.74) is 5.26. The van der Waals surface area contributed by atoms with E-state index in [9.17, 15) is 13.2 Å². The summed E-state index contributed by atoms with van der Waals surface area (Å²) in [7, 11) is 5.77. The van der Waals surface area contributed by atoms with Crippen molar-refractivity contribution in [2.75, 3.05) is 13.1 Å². The van der Waals surface area contributed by atoms with Crippen molar-refractivity contribution in [2.45, 2.75) is 64.2 Å². The van der Waals surface area contributed by atoms with Gasteiger partial charge in [0.05, 0.1) is 0 Å². The quantitative estimate of drug-likeness (QED) is 0.143. The Morgan fingerprint density at radius 1 is 0.947 bits per heavy atom. The first kappa shape index (κ1) is 28.5. The van der Waals surface area contributed by atoms with Crippen LogP contribution in [0.1, 0.15) is 48.4 Å². The van der Waals surface area contributed by atoms with Crippen molar-refractivity contribution in [3.05, 3.63) is 100 Å². The summed E-state index contributed by atoms with van der Waals surface area (Å²) in [6.07, 6.45) is 4.89. The van der Waals surface area contributed by atoms with Crippen LogP contribution in [0.25, 0.3) is 0 Å². The van der Waals surface area contributed by atoms with Crippen molar-refractivity contribution < 1.29 is 17.9 Å². The number of piperidine rings is 1. The minimum Gasteiger partial charge on any atom is -0.490 e. The first-order chi connectivity index (χ1) is 18.4. The Bertz CT molecular complexity index is 1230. The largest absolute Gasteiger partial charge is 0.490 e. The minimum absolute atomic E-state index is 0.00126. The Balaban J connectivity index is 1.25. The van der Waals surface area contributed by atoms with Gasteiger partial charge in [-0.15, -0.1) is 8.86 Å². The van der Waals surface area contributed by atoms with Crippen LogP contribution in [-0.2, 0) is 19.3 Å². The molecule has 0 bridgehead atoms. The van der Waals surface area contributed by atoms with E-state index >= 15 is 0 Å². The number of halogens is 3. The zero-order valence-corrected chi connectivity index (χ0v) is 23.2. The van der Waals surface area contributed by atoms with Gasteiger partial charge in [-0.3, -0.25) is 4.90 Å². The fourth-order valence-electron chi connectivity index (χ4n) is 5.10. The number of rotatable bonds is 11. The molecule has 7 heteroatoms. The Hall–Kier alpha value is -2.56. The summed E-state index contributed by atoms with van der Waals surface area (Å²) in [4.78, 5) is 2.28. The van der Waals surface area contributed by atoms with Crippen molar-refractivity contribution in [3.8, 4) is 5.75 Å². The maximum atomic E-state index is 14.1. The third-order valence-electron chi connectivity index (χ3n) is 7.44. The van der Waals surface area contributed by atoms with Crippen molar-refractivity contribution in [1.29, 1.82) is 0 Å². The van der Waals surface area contributed by atoms with E-state index in [4.69, 9.17) is 4.74 Å². The number of hydrogen-bond acceptors (Lipinski definition) is 1. The maximum Gasteiger partial charge on any atom is 0.161 e. The van der Waals surface area contributed by atoms with Crippen LogP contribution in [0.5, 0.6) is 5.75 Å². The lowest BCUT2D eigenvalue weighted by atomic mass is 9.63. The summed E-state index contributed by atoms with van der Waals surface area (Å²) in [6, 6.07) is 18.6. The average molecular weight is 536 g/mol. The molecule has 1 aliphatic rings. The van der Waals surface area contributed by atoms with Gasteiger partial charge in [-0.05, 0) is 79.0 Å². The van der Waals surface area contributed by atoms with Gasteiger partial charge in [0.25, 0.3) is 0 Å². The molecule has 1 heterocycles. The van der Waals surface area contributed by atoms with E-state index in [1.807, 2.05) is 14.1 Å². The fraction of sp³-hybridized carbons (Fsp3) is 0.387. The summed E-state index contributed by atoms with van der Waals surface area (Å²) in [5.74, 6) is -1.98. The second-order valence-electron chi connectivity index (χ2n) is 10.1. The molecule has 3 aromatic rings. The molecular weight excluding hydrogens is 501 g/mol. The van der Waals surface area contributed by atoms with Crippen LogP contribution in [0.4, 0.5) is 13.2 Å². The van der Waals surface area contributed by atoms with Gasteiger partial charge in [0, 0.05) is 24.6 Å². The molecule has 2 nitrogen and oxygen atoms in total. The van der Waals surface area contributed by atoms with Gasteiger partial charge in [-0.2, -0.15) is 0 Å². The molecule has 1 aliphatic heterocycles. The molecule has 1 atom stereocenters. The van der Waals surface area contributed by atoms with Crippen LogP contribution in [0.15, 0.2) is 60.7 Å². The predicted molar refractivity (Wildman–Crippen MR) is 154 cm³/mol. The summed E-state index contributed by atoms with van der Waals surface area (Å²) >= 11 is 0. The van der Waals surface area contributed by atoms with Gasteiger partial charge < -0.3 is 4.74 Å². The molecule has 0 amide bonds. The fourth-order valence-corrected chi connectivity index (χ4v) is 5.59. The highest BCUT2D eigenvalue weighted by atomic mass is 31.0. The molecule has 0 spiro atoms. The van der Waals surface area contributed by atoms with E-state index in [0.717, 1.165) is 56.0 Å². The summed E-state index contributed by atoms with van der Waals surface area (Å²) in [5, 5.41) is 0. The average Bonchev–Trinajstić information content (AvgIpc) is 2.93. The first-order valence-corrected chi connectivity index (χ1v) is 13.9. The van der Waals surface area contributed by atoms with Crippen molar-refractivity contribution in [3.63, 3.8) is 0 Å². The molecule has 3 aromatic carbocycles. The topological polar surface area (TPSA) is 12.5 Å². The highest BCUT2D eigenvalue weighted by Gasteiger charge is 2.24. The predicted octanol–water partition coefficient (Wildman–Crippen LogP) is 7.55. The highest BCUT2D eigenvalue weighted by Crippen LogP contribution is 2.26. The van der Waals surface area contributed by atoms with Crippen LogP contribution < -0.4 is 4.74 Å². The number of hydrogen-bond donors (Lipinski definition) is 0. The Morgan fingerprint density at radius 3 is 2.26 bits per heavy atom.